The minimum atomic E-state index is 0.489. The van der Waals surface area contributed by atoms with Crippen LogP contribution in [0.2, 0.25) is 0 Å². The minimum absolute atomic E-state index is 0.489. The average molecular weight is 292 g/mol. The smallest absolute Gasteiger partial charge is 0.120 e. The van der Waals surface area contributed by atoms with E-state index in [2.05, 4.69) is 15.9 Å². The Morgan fingerprint density at radius 3 is 2.71 bits per heavy atom. The lowest BCUT2D eigenvalue weighted by Crippen LogP contribution is -2.00. The largest absolute Gasteiger partial charge is 0.489 e. The van der Waals surface area contributed by atoms with E-state index in [1.165, 1.54) is 0 Å². The quantitative estimate of drug-likeness (QED) is 0.870. The highest BCUT2D eigenvalue weighted by atomic mass is 79.9. The topological polar surface area (TPSA) is 35.2 Å². The molecule has 88 valence electrons. The Morgan fingerprint density at radius 2 is 2.00 bits per heavy atom. The summed E-state index contributed by atoms with van der Waals surface area (Å²) in [6, 6.07) is 13.8. The van der Waals surface area contributed by atoms with Gasteiger partial charge in [-0.3, -0.25) is 0 Å². The Kier molecular flexibility index (Phi) is 3.69. The Bertz CT molecular complexity index is 525. The van der Waals surface area contributed by atoms with Gasteiger partial charge in [-0.2, -0.15) is 0 Å². The van der Waals surface area contributed by atoms with Crippen LogP contribution in [-0.2, 0) is 6.61 Å². The van der Waals surface area contributed by atoms with Crippen molar-refractivity contribution in [2.75, 3.05) is 5.73 Å². The molecular weight excluding hydrogens is 278 g/mol. The number of halogens is 1. The molecule has 0 saturated carbocycles. The molecule has 2 aromatic carbocycles. The molecule has 0 fully saturated rings. The lowest BCUT2D eigenvalue weighted by molar-refractivity contribution is 0.306. The number of nitrogens with two attached hydrogens (primary N) is 1. The Hall–Kier alpha value is -1.48. The molecule has 0 atom stereocenters. The standard InChI is InChI=1S/C14H14BrNO/c1-10-5-6-11(14(16)7-10)9-17-13-4-2-3-12(15)8-13/h2-8H,9,16H2,1H3. The SMILES string of the molecule is Cc1ccc(COc2cccc(Br)c2)c(N)c1. The van der Waals surface area contributed by atoms with Crippen molar-refractivity contribution in [2.24, 2.45) is 0 Å². The van der Waals surface area contributed by atoms with Gasteiger partial charge in [0.05, 0.1) is 0 Å². The van der Waals surface area contributed by atoms with Gasteiger partial charge in [0.15, 0.2) is 0 Å². The van der Waals surface area contributed by atoms with Gasteiger partial charge in [0.25, 0.3) is 0 Å². The zero-order valence-electron chi connectivity index (χ0n) is 9.61. The highest BCUT2D eigenvalue weighted by Gasteiger charge is 2.01. The van der Waals surface area contributed by atoms with Gasteiger partial charge in [0, 0.05) is 15.7 Å². The van der Waals surface area contributed by atoms with Crippen molar-refractivity contribution in [1.29, 1.82) is 0 Å². The molecular formula is C14H14BrNO. The number of benzene rings is 2. The van der Waals surface area contributed by atoms with Crippen LogP contribution in [0.1, 0.15) is 11.1 Å². The van der Waals surface area contributed by atoms with E-state index in [0.29, 0.717) is 6.61 Å². The minimum Gasteiger partial charge on any atom is -0.489 e. The highest BCUT2D eigenvalue weighted by Crippen LogP contribution is 2.20. The van der Waals surface area contributed by atoms with Crippen LogP contribution in [0, 0.1) is 6.92 Å². The molecule has 0 spiro atoms. The Labute approximate surface area is 110 Å². The van der Waals surface area contributed by atoms with Crippen LogP contribution >= 0.6 is 15.9 Å². The van der Waals surface area contributed by atoms with Crippen molar-refractivity contribution in [3.8, 4) is 5.75 Å². The predicted octanol–water partition coefficient (Wildman–Crippen LogP) is 3.92. The fourth-order valence-corrected chi connectivity index (χ4v) is 1.94. The molecule has 0 heterocycles. The van der Waals surface area contributed by atoms with Crippen LogP contribution in [-0.4, -0.2) is 0 Å². The lowest BCUT2D eigenvalue weighted by Gasteiger charge is -2.09. The van der Waals surface area contributed by atoms with E-state index in [0.717, 1.165) is 27.0 Å². The zero-order chi connectivity index (χ0) is 12.3. The second kappa shape index (κ2) is 5.23. The Balaban J connectivity index is 2.07. The summed E-state index contributed by atoms with van der Waals surface area (Å²) in [6.45, 7) is 2.51. The fraction of sp³-hybridized carbons (Fsp3) is 0.143. The first-order valence-electron chi connectivity index (χ1n) is 5.38. The summed E-state index contributed by atoms with van der Waals surface area (Å²) < 4.78 is 6.69. The molecule has 0 bridgehead atoms. The lowest BCUT2D eigenvalue weighted by atomic mass is 10.1. The van der Waals surface area contributed by atoms with Gasteiger partial charge in [0.1, 0.15) is 12.4 Å². The molecule has 2 nitrogen and oxygen atoms in total. The van der Waals surface area contributed by atoms with Gasteiger partial charge in [-0.1, -0.05) is 34.1 Å². The summed E-state index contributed by atoms with van der Waals surface area (Å²) in [6.07, 6.45) is 0. The number of hydrogen-bond donors (Lipinski definition) is 1. The third-order valence-corrected chi connectivity index (χ3v) is 2.99. The number of aryl methyl sites for hydroxylation is 1. The maximum Gasteiger partial charge on any atom is 0.120 e. The van der Waals surface area contributed by atoms with E-state index in [1.807, 2.05) is 49.4 Å². The number of anilines is 1. The molecule has 2 aromatic rings. The molecule has 0 aliphatic carbocycles. The fourth-order valence-electron chi connectivity index (χ4n) is 1.56. The van der Waals surface area contributed by atoms with Crippen LogP contribution in [0.5, 0.6) is 5.75 Å². The van der Waals surface area contributed by atoms with Crippen LogP contribution in [0.25, 0.3) is 0 Å². The predicted molar refractivity (Wildman–Crippen MR) is 74.1 cm³/mol. The summed E-state index contributed by atoms with van der Waals surface area (Å²) >= 11 is 3.41. The van der Waals surface area contributed by atoms with Crippen LogP contribution in [0.3, 0.4) is 0 Å². The molecule has 0 aromatic heterocycles. The molecule has 2 rings (SSSR count). The zero-order valence-corrected chi connectivity index (χ0v) is 11.2. The van der Waals surface area contributed by atoms with Gasteiger partial charge >= 0.3 is 0 Å². The summed E-state index contributed by atoms with van der Waals surface area (Å²) in [5, 5.41) is 0. The molecule has 0 amide bonds. The summed E-state index contributed by atoms with van der Waals surface area (Å²) in [4.78, 5) is 0. The second-order valence-electron chi connectivity index (χ2n) is 3.95. The monoisotopic (exact) mass is 291 g/mol. The maximum absolute atomic E-state index is 5.93. The van der Waals surface area contributed by atoms with Crippen LogP contribution < -0.4 is 10.5 Å². The molecule has 3 heteroatoms. The van der Waals surface area contributed by atoms with E-state index in [-0.39, 0.29) is 0 Å². The van der Waals surface area contributed by atoms with Crippen molar-refractivity contribution >= 4 is 21.6 Å². The number of rotatable bonds is 3. The second-order valence-corrected chi connectivity index (χ2v) is 4.86. The molecule has 0 radical (unpaired) electrons. The number of ether oxygens (including phenoxy) is 1. The van der Waals surface area contributed by atoms with Gasteiger partial charge in [-0.05, 0) is 36.8 Å². The van der Waals surface area contributed by atoms with Gasteiger partial charge in [0.2, 0.25) is 0 Å². The summed E-state index contributed by atoms with van der Waals surface area (Å²) in [5.74, 6) is 0.833. The number of hydrogen-bond acceptors (Lipinski definition) is 2. The molecule has 0 aliphatic rings. The van der Waals surface area contributed by atoms with E-state index in [4.69, 9.17) is 10.5 Å². The van der Waals surface area contributed by atoms with Crippen molar-refractivity contribution in [3.05, 3.63) is 58.1 Å². The molecule has 0 unspecified atom stereocenters. The molecule has 0 aliphatic heterocycles. The molecule has 2 N–H and O–H groups in total. The highest BCUT2D eigenvalue weighted by molar-refractivity contribution is 9.10. The van der Waals surface area contributed by atoms with E-state index in [1.54, 1.807) is 0 Å². The van der Waals surface area contributed by atoms with Gasteiger partial charge < -0.3 is 10.5 Å². The Morgan fingerprint density at radius 1 is 1.18 bits per heavy atom. The van der Waals surface area contributed by atoms with Crippen molar-refractivity contribution in [1.82, 2.24) is 0 Å². The van der Waals surface area contributed by atoms with Crippen LogP contribution in [0.15, 0.2) is 46.9 Å². The first-order valence-corrected chi connectivity index (χ1v) is 6.18. The van der Waals surface area contributed by atoms with Crippen molar-refractivity contribution in [2.45, 2.75) is 13.5 Å². The number of nitrogen functional groups attached to an aromatic ring is 1. The van der Waals surface area contributed by atoms with Crippen molar-refractivity contribution < 1.29 is 4.74 Å². The normalized spacial score (nSPS) is 10.2. The summed E-state index contributed by atoms with van der Waals surface area (Å²) in [5.41, 5.74) is 8.87. The summed E-state index contributed by atoms with van der Waals surface area (Å²) in [7, 11) is 0. The maximum atomic E-state index is 5.93. The van der Waals surface area contributed by atoms with Crippen molar-refractivity contribution in [3.63, 3.8) is 0 Å². The third-order valence-electron chi connectivity index (χ3n) is 2.49. The van der Waals surface area contributed by atoms with Gasteiger partial charge in [-0.25, -0.2) is 0 Å². The third kappa shape index (κ3) is 3.24. The van der Waals surface area contributed by atoms with E-state index in [9.17, 15) is 0 Å². The average Bonchev–Trinajstić information content (AvgIpc) is 2.28. The van der Waals surface area contributed by atoms with Crippen LogP contribution in [0.4, 0.5) is 5.69 Å². The first kappa shape index (κ1) is 12.0. The molecule has 17 heavy (non-hydrogen) atoms. The van der Waals surface area contributed by atoms with E-state index < -0.39 is 0 Å². The molecule has 0 saturated heterocycles. The van der Waals surface area contributed by atoms with Gasteiger partial charge in [-0.15, -0.1) is 0 Å². The van der Waals surface area contributed by atoms with E-state index >= 15 is 0 Å². The first-order chi connectivity index (χ1) is 8.15.